The lowest BCUT2D eigenvalue weighted by atomic mass is 10.2. The Bertz CT molecular complexity index is 687. The van der Waals surface area contributed by atoms with Crippen LogP contribution in [-0.2, 0) is 11.3 Å². The highest BCUT2D eigenvalue weighted by molar-refractivity contribution is 7.16. The number of carbonyl (C=O) groups is 1. The average Bonchev–Trinajstić information content (AvgIpc) is 2.84. The number of quaternary nitrogens is 1. The molecule has 1 unspecified atom stereocenters. The van der Waals surface area contributed by atoms with Gasteiger partial charge in [0.25, 0.3) is 5.91 Å². The Labute approximate surface area is 148 Å². The standard InChI is InChI=1S/C15H15Cl3N2OS/c1-9-3-5-11(16)15(14(9)18)19-13(21)8-20(2)7-10-4-6-12(17)22-10/h3-6H,7-8H2,1-2H3,(H,19,21)/p+1. The van der Waals surface area contributed by atoms with Crippen LogP contribution in [0.2, 0.25) is 14.4 Å². The lowest BCUT2D eigenvalue weighted by Crippen LogP contribution is -3.08. The molecule has 1 amide bonds. The average molecular weight is 379 g/mol. The van der Waals surface area contributed by atoms with Gasteiger partial charge in [-0.05, 0) is 30.7 Å². The number of aryl methyl sites for hydroxylation is 1. The van der Waals surface area contributed by atoms with Crippen LogP contribution in [0.15, 0.2) is 24.3 Å². The number of amides is 1. The number of hydrogen-bond donors (Lipinski definition) is 2. The zero-order valence-corrected chi connectivity index (χ0v) is 15.3. The third-order valence-corrected chi connectivity index (χ3v) is 5.15. The molecule has 0 aliphatic rings. The van der Waals surface area contributed by atoms with Crippen molar-refractivity contribution < 1.29 is 9.69 Å². The van der Waals surface area contributed by atoms with E-state index in [9.17, 15) is 4.79 Å². The highest BCUT2D eigenvalue weighted by atomic mass is 35.5. The van der Waals surface area contributed by atoms with E-state index < -0.39 is 0 Å². The maximum absolute atomic E-state index is 12.2. The molecule has 1 aromatic heterocycles. The quantitative estimate of drug-likeness (QED) is 0.818. The third kappa shape index (κ3) is 4.61. The van der Waals surface area contributed by atoms with Crippen molar-refractivity contribution in [1.82, 2.24) is 0 Å². The summed E-state index contributed by atoms with van der Waals surface area (Å²) in [7, 11) is 1.95. The van der Waals surface area contributed by atoms with Crippen LogP contribution in [0.4, 0.5) is 5.69 Å². The first-order valence-electron chi connectivity index (χ1n) is 6.66. The van der Waals surface area contributed by atoms with Crippen LogP contribution < -0.4 is 10.2 Å². The Morgan fingerprint density at radius 3 is 2.59 bits per heavy atom. The number of anilines is 1. The fraction of sp³-hybridized carbons (Fsp3) is 0.267. The highest BCUT2D eigenvalue weighted by Gasteiger charge is 2.16. The van der Waals surface area contributed by atoms with Crippen LogP contribution >= 0.6 is 46.1 Å². The van der Waals surface area contributed by atoms with Crippen LogP contribution in [-0.4, -0.2) is 19.5 Å². The van der Waals surface area contributed by atoms with E-state index in [0.717, 1.165) is 26.2 Å². The van der Waals surface area contributed by atoms with Gasteiger partial charge in [-0.1, -0.05) is 40.9 Å². The summed E-state index contributed by atoms with van der Waals surface area (Å²) in [6.07, 6.45) is 0. The summed E-state index contributed by atoms with van der Waals surface area (Å²) in [5.41, 5.74) is 1.34. The Morgan fingerprint density at radius 1 is 1.23 bits per heavy atom. The van der Waals surface area contributed by atoms with E-state index in [2.05, 4.69) is 5.32 Å². The van der Waals surface area contributed by atoms with Crippen molar-refractivity contribution >= 4 is 57.7 Å². The Hall–Kier alpha value is -0.780. The van der Waals surface area contributed by atoms with Crippen molar-refractivity contribution in [3.05, 3.63) is 49.1 Å². The maximum atomic E-state index is 12.2. The Kier molecular flexibility index (Phi) is 6.12. The van der Waals surface area contributed by atoms with Crippen molar-refractivity contribution in [2.75, 3.05) is 18.9 Å². The van der Waals surface area contributed by atoms with Gasteiger partial charge in [0.05, 0.1) is 32.0 Å². The number of carbonyl (C=O) groups excluding carboxylic acids is 1. The van der Waals surface area contributed by atoms with Gasteiger partial charge in [-0.2, -0.15) is 0 Å². The molecule has 1 aromatic carbocycles. The zero-order chi connectivity index (χ0) is 16.3. The SMILES string of the molecule is Cc1ccc(Cl)c(NC(=O)C[NH+](C)Cc2ccc(Cl)s2)c1Cl. The molecule has 1 heterocycles. The Morgan fingerprint density at radius 2 is 1.95 bits per heavy atom. The fourth-order valence-electron chi connectivity index (χ4n) is 2.04. The largest absolute Gasteiger partial charge is 0.325 e. The number of hydrogen-bond acceptors (Lipinski definition) is 2. The number of halogens is 3. The first kappa shape index (κ1) is 17.6. The molecule has 0 radical (unpaired) electrons. The van der Waals surface area contributed by atoms with E-state index in [4.69, 9.17) is 34.8 Å². The minimum Gasteiger partial charge on any atom is -0.325 e. The molecule has 118 valence electrons. The number of nitrogens with one attached hydrogen (secondary N) is 2. The molecule has 0 aliphatic carbocycles. The molecule has 3 nitrogen and oxygen atoms in total. The monoisotopic (exact) mass is 377 g/mol. The summed E-state index contributed by atoms with van der Waals surface area (Å²) in [5, 5.41) is 3.71. The number of benzene rings is 1. The molecular weight excluding hydrogens is 363 g/mol. The van der Waals surface area contributed by atoms with Gasteiger partial charge in [0.2, 0.25) is 0 Å². The first-order chi connectivity index (χ1) is 10.4. The topological polar surface area (TPSA) is 33.5 Å². The predicted octanol–water partition coefficient (Wildman–Crippen LogP) is 3.67. The smallest absolute Gasteiger partial charge is 0.279 e. The third-order valence-electron chi connectivity index (χ3n) is 3.12. The summed E-state index contributed by atoms with van der Waals surface area (Å²) in [4.78, 5) is 14.4. The van der Waals surface area contributed by atoms with Crippen molar-refractivity contribution in [2.24, 2.45) is 0 Å². The van der Waals surface area contributed by atoms with Gasteiger partial charge in [0, 0.05) is 0 Å². The molecule has 2 aromatic rings. The molecular formula is C15H16Cl3N2OS+. The van der Waals surface area contributed by atoms with Crippen LogP contribution in [0.25, 0.3) is 0 Å². The minimum atomic E-state index is -0.130. The Balaban J connectivity index is 1.97. The second-order valence-electron chi connectivity index (χ2n) is 5.12. The second kappa shape index (κ2) is 7.66. The van der Waals surface area contributed by atoms with Crippen molar-refractivity contribution in [1.29, 1.82) is 0 Å². The van der Waals surface area contributed by atoms with Gasteiger partial charge >= 0.3 is 0 Å². The van der Waals surface area contributed by atoms with E-state index >= 15 is 0 Å². The molecule has 7 heteroatoms. The van der Waals surface area contributed by atoms with Gasteiger partial charge in [-0.25, -0.2) is 0 Å². The summed E-state index contributed by atoms with van der Waals surface area (Å²) in [6, 6.07) is 7.38. The van der Waals surface area contributed by atoms with E-state index in [1.54, 1.807) is 6.07 Å². The van der Waals surface area contributed by atoms with Crippen LogP contribution in [0.3, 0.4) is 0 Å². The van der Waals surface area contributed by atoms with Crippen LogP contribution in [0.5, 0.6) is 0 Å². The van der Waals surface area contributed by atoms with E-state index in [1.165, 1.54) is 11.3 Å². The van der Waals surface area contributed by atoms with Gasteiger partial charge in [-0.15, -0.1) is 11.3 Å². The molecule has 0 spiro atoms. The minimum absolute atomic E-state index is 0.130. The van der Waals surface area contributed by atoms with Crippen LogP contribution in [0.1, 0.15) is 10.4 Å². The van der Waals surface area contributed by atoms with Gasteiger partial charge in [0.15, 0.2) is 6.54 Å². The molecule has 0 fully saturated rings. The maximum Gasteiger partial charge on any atom is 0.279 e. The summed E-state index contributed by atoms with van der Waals surface area (Å²) in [5.74, 6) is -0.130. The van der Waals surface area contributed by atoms with Gasteiger partial charge in [-0.3, -0.25) is 4.79 Å². The van der Waals surface area contributed by atoms with Crippen LogP contribution in [0, 0.1) is 6.92 Å². The summed E-state index contributed by atoms with van der Waals surface area (Å²) >= 11 is 19.7. The lowest BCUT2D eigenvalue weighted by Gasteiger charge is -2.14. The fourth-order valence-corrected chi connectivity index (χ4v) is 3.70. The summed E-state index contributed by atoms with van der Waals surface area (Å²) < 4.78 is 0.755. The number of likely N-dealkylation sites (N-methyl/N-ethyl adjacent to an activating group) is 1. The normalized spacial score (nSPS) is 12.2. The van der Waals surface area contributed by atoms with Crippen molar-refractivity contribution in [2.45, 2.75) is 13.5 Å². The molecule has 0 saturated heterocycles. The molecule has 0 aliphatic heterocycles. The second-order valence-corrected chi connectivity index (χ2v) is 7.70. The zero-order valence-electron chi connectivity index (χ0n) is 12.2. The molecule has 0 saturated carbocycles. The predicted molar refractivity (Wildman–Crippen MR) is 94.6 cm³/mol. The molecule has 2 rings (SSSR count). The summed E-state index contributed by atoms with van der Waals surface area (Å²) in [6.45, 7) is 2.92. The molecule has 2 N–H and O–H groups in total. The van der Waals surface area contributed by atoms with E-state index in [0.29, 0.717) is 22.3 Å². The number of thiophene rings is 1. The van der Waals surface area contributed by atoms with Gasteiger partial charge < -0.3 is 10.2 Å². The molecule has 1 atom stereocenters. The number of rotatable bonds is 5. The van der Waals surface area contributed by atoms with Crippen molar-refractivity contribution in [3.63, 3.8) is 0 Å². The highest BCUT2D eigenvalue weighted by Crippen LogP contribution is 2.32. The van der Waals surface area contributed by atoms with Crippen molar-refractivity contribution in [3.8, 4) is 0 Å². The lowest BCUT2D eigenvalue weighted by molar-refractivity contribution is -0.884. The van der Waals surface area contributed by atoms with Gasteiger partial charge in [0.1, 0.15) is 6.54 Å². The molecule has 22 heavy (non-hydrogen) atoms. The van der Waals surface area contributed by atoms with E-state index in [1.807, 2.05) is 32.2 Å². The molecule has 0 bridgehead atoms. The van der Waals surface area contributed by atoms with E-state index in [-0.39, 0.29) is 5.91 Å². The first-order valence-corrected chi connectivity index (χ1v) is 8.62.